The van der Waals surface area contributed by atoms with Crippen LogP contribution in [0.15, 0.2) is 67.0 Å². The minimum atomic E-state index is -0.336. The molecule has 1 heterocycles. The molecule has 3 rings (SSSR count). The number of aromatic nitrogens is 1. The van der Waals surface area contributed by atoms with Crippen LogP contribution in [0.3, 0.4) is 0 Å². The third kappa shape index (κ3) is 5.60. The highest BCUT2D eigenvalue weighted by Crippen LogP contribution is 2.28. The topological polar surface area (TPSA) is 48.2 Å². The number of hydrogen-bond donors (Lipinski definition) is 1. The van der Waals surface area contributed by atoms with Gasteiger partial charge in [-0.05, 0) is 64.8 Å². The van der Waals surface area contributed by atoms with E-state index in [9.17, 15) is 5.11 Å². The van der Waals surface area contributed by atoms with Crippen LogP contribution in [0.4, 0.5) is 5.69 Å². The normalized spacial score (nSPS) is 12.2. The van der Waals surface area contributed by atoms with Gasteiger partial charge in [0, 0.05) is 27.9 Å². The molecule has 32 heavy (non-hydrogen) atoms. The van der Waals surface area contributed by atoms with Gasteiger partial charge < -0.3 is 15.2 Å². The van der Waals surface area contributed by atoms with Crippen LogP contribution >= 0.6 is 35.4 Å². The van der Waals surface area contributed by atoms with Crippen molar-refractivity contribution >= 4 is 57.6 Å². The first-order chi connectivity index (χ1) is 15.1. The number of hydrogen-bond acceptors (Lipinski definition) is 3. The van der Waals surface area contributed by atoms with E-state index in [0.717, 1.165) is 17.0 Å². The second kappa shape index (κ2) is 9.90. The van der Waals surface area contributed by atoms with Gasteiger partial charge in [-0.2, -0.15) is 4.57 Å². The monoisotopic (exact) mass is 486 g/mol. The first kappa shape index (κ1) is 24.1. The molecular weight excluding hydrogens is 463 g/mol. The fourth-order valence-corrected chi connectivity index (χ4v) is 3.77. The molecule has 0 bridgehead atoms. The minimum Gasteiger partial charge on any atom is -0.867 e. The van der Waals surface area contributed by atoms with Crippen LogP contribution in [-0.4, -0.2) is 12.1 Å². The Balaban J connectivity index is 2.09. The third-order valence-electron chi connectivity index (χ3n) is 4.90. The van der Waals surface area contributed by atoms with Crippen molar-refractivity contribution in [3.05, 3.63) is 88.2 Å². The summed E-state index contributed by atoms with van der Waals surface area (Å²) in [5.41, 5.74) is 2.38. The lowest BCUT2D eigenvalue weighted by molar-refractivity contribution is -0.577. The van der Waals surface area contributed by atoms with Crippen molar-refractivity contribution < 1.29 is 14.4 Å². The Kier molecular flexibility index (Phi) is 7.44. The number of nitrogens with one attached hydrogen (secondary N) is 1. The van der Waals surface area contributed by atoms with Gasteiger partial charge in [0.15, 0.2) is 17.4 Å². The standard InChI is InChI=1S/C25H24Cl2N2O2S/c1-25(2,3)16-11-13-29(14-12-16)22(23(30)20-15-17(26)5-10-21(20)27)24(32)28-18-6-8-19(31-4)9-7-18/h5-15H,1-4H3,(H-,28,30,32). The van der Waals surface area contributed by atoms with E-state index in [1.807, 2.05) is 48.8 Å². The van der Waals surface area contributed by atoms with E-state index < -0.39 is 0 Å². The van der Waals surface area contributed by atoms with E-state index in [2.05, 4.69) is 26.1 Å². The van der Waals surface area contributed by atoms with Crippen molar-refractivity contribution in [3.63, 3.8) is 0 Å². The summed E-state index contributed by atoms with van der Waals surface area (Å²) in [6, 6.07) is 16.0. The van der Waals surface area contributed by atoms with E-state index in [-0.39, 0.29) is 27.4 Å². The molecule has 0 aliphatic carbocycles. The number of anilines is 1. The second-order valence-electron chi connectivity index (χ2n) is 8.23. The average molecular weight is 487 g/mol. The van der Waals surface area contributed by atoms with E-state index >= 15 is 0 Å². The molecule has 0 fully saturated rings. The predicted molar refractivity (Wildman–Crippen MR) is 134 cm³/mol. The SMILES string of the molecule is COc1ccc(NC(=S)/C(=C(/[O-])c2cc(Cl)ccc2Cl)[n+]2ccc(C(C)(C)C)cc2)cc1. The molecule has 0 radical (unpaired) electrons. The number of pyridine rings is 1. The zero-order valence-electron chi connectivity index (χ0n) is 18.3. The lowest BCUT2D eigenvalue weighted by atomic mass is 9.88. The zero-order valence-corrected chi connectivity index (χ0v) is 20.6. The summed E-state index contributed by atoms with van der Waals surface area (Å²) in [5, 5.41) is 17.4. The number of halogens is 2. The van der Waals surface area contributed by atoms with Gasteiger partial charge in [0.05, 0.1) is 7.11 Å². The van der Waals surface area contributed by atoms with Gasteiger partial charge in [-0.15, -0.1) is 0 Å². The fraction of sp³-hybridized carbons (Fsp3) is 0.200. The third-order valence-corrected chi connectivity index (χ3v) is 5.76. The van der Waals surface area contributed by atoms with Crippen LogP contribution in [0.2, 0.25) is 10.0 Å². The van der Waals surface area contributed by atoms with E-state index in [4.69, 9.17) is 40.2 Å². The lowest BCUT2D eigenvalue weighted by Crippen LogP contribution is -2.40. The highest BCUT2D eigenvalue weighted by Gasteiger charge is 2.22. The van der Waals surface area contributed by atoms with E-state index in [1.54, 1.807) is 29.9 Å². The maximum Gasteiger partial charge on any atom is 0.238 e. The summed E-state index contributed by atoms with van der Waals surface area (Å²) < 4.78 is 6.90. The number of nitrogens with zero attached hydrogens (tertiary/aromatic N) is 1. The van der Waals surface area contributed by atoms with Crippen molar-refractivity contribution in [2.24, 2.45) is 0 Å². The van der Waals surface area contributed by atoms with Crippen LogP contribution in [0.1, 0.15) is 31.9 Å². The van der Waals surface area contributed by atoms with Crippen LogP contribution < -0.4 is 19.7 Å². The van der Waals surface area contributed by atoms with Crippen molar-refractivity contribution in [1.29, 1.82) is 0 Å². The summed E-state index contributed by atoms with van der Waals surface area (Å²) >= 11 is 18.1. The minimum absolute atomic E-state index is 0.0264. The van der Waals surface area contributed by atoms with Crippen LogP contribution in [-0.2, 0) is 5.41 Å². The molecule has 4 nitrogen and oxygen atoms in total. The molecule has 2 aromatic carbocycles. The van der Waals surface area contributed by atoms with Gasteiger partial charge in [0.2, 0.25) is 5.70 Å². The molecule has 7 heteroatoms. The molecule has 0 saturated carbocycles. The van der Waals surface area contributed by atoms with Gasteiger partial charge >= 0.3 is 0 Å². The summed E-state index contributed by atoms with van der Waals surface area (Å²) in [6.07, 6.45) is 3.66. The molecule has 0 aliphatic rings. The quantitative estimate of drug-likeness (QED) is 0.217. The summed E-state index contributed by atoms with van der Waals surface area (Å²) in [7, 11) is 1.60. The van der Waals surface area contributed by atoms with Gasteiger partial charge in [-0.1, -0.05) is 56.2 Å². The molecule has 1 aromatic heterocycles. The molecule has 0 unspecified atom stereocenters. The number of rotatable bonds is 5. The largest absolute Gasteiger partial charge is 0.867 e. The zero-order chi connectivity index (χ0) is 23.5. The van der Waals surface area contributed by atoms with Gasteiger partial charge in [-0.3, -0.25) is 0 Å². The predicted octanol–water partition coefficient (Wildman–Crippen LogP) is 5.71. The highest BCUT2D eigenvalue weighted by molar-refractivity contribution is 7.81. The molecule has 166 valence electrons. The van der Waals surface area contributed by atoms with Crippen molar-refractivity contribution in [1.82, 2.24) is 0 Å². The lowest BCUT2D eigenvalue weighted by Gasteiger charge is -2.20. The van der Waals surface area contributed by atoms with Crippen LogP contribution in [0.25, 0.3) is 11.5 Å². The Bertz CT molecular complexity index is 1150. The molecule has 1 N–H and O–H groups in total. The second-order valence-corrected chi connectivity index (χ2v) is 9.48. The number of benzene rings is 2. The Morgan fingerprint density at radius 3 is 2.19 bits per heavy atom. The van der Waals surface area contributed by atoms with Gasteiger partial charge in [-0.25, -0.2) is 0 Å². The summed E-state index contributed by atoms with van der Waals surface area (Å²) in [4.78, 5) is 0.254. The summed E-state index contributed by atoms with van der Waals surface area (Å²) in [6.45, 7) is 6.39. The Morgan fingerprint density at radius 1 is 1.00 bits per heavy atom. The molecule has 0 amide bonds. The molecule has 0 atom stereocenters. The van der Waals surface area contributed by atoms with Gasteiger partial charge in [0.1, 0.15) is 5.75 Å². The van der Waals surface area contributed by atoms with Crippen molar-refractivity contribution in [3.8, 4) is 5.75 Å². The molecule has 0 saturated heterocycles. The fourth-order valence-electron chi connectivity index (χ4n) is 3.08. The first-order valence-electron chi connectivity index (χ1n) is 9.94. The summed E-state index contributed by atoms with van der Waals surface area (Å²) in [5.74, 6) is 0.386. The van der Waals surface area contributed by atoms with E-state index in [1.165, 1.54) is 0 Å². The van der Waals surface area contributed by atoms with Gasteiger partial charge in [0.25, 0.3) is 0 Å². The van der Waals surface area contributed by atoms with Crippen molar-refractivity contribution in [2.45, 2.75) is 26.2 Å². The first-order valence-corrected chi connectivity index (χ1v) is 11.1. The van der Waals surface area contributed by atoms with Crippen LogP contribution in [0.5, 0.6) is 5.75 Å². The molecular formula is C25H24Cl2N2O2S. The van der Waals surface area contributed by atoms with E-state index in [0.29, 0.717) is 10.0 Å². The Hall–Kier alpha value is -2.60. The van der Waals surface area contributed by atoms with Crippen molar-refractivity contribution in [2.75, 3.05) is 12.4 Å². The molecule has 0 aliphatic heterocycles. The number of thiocarbonyl (C=S) groups is 1. The number of methoxy groups -OCH3 is 1. The Morgan fingerprint density at radius 2 is 1.62 bits per heavy atom. The maximum atomic E-state index is 13.6. The maximum absolute atomic E-state index is 13.6. The average Bonchev–Trinajstić information content (AvgIpc) is 2.75. The number of ether oxygens (including phenoxy) is 1. The Labute approximate surface area is 204 Å². The highest BCUT2D eigenvalue weighted by atomic mass is 35.5. The van der Waals surface area contributed by atoms with Crippen LogP contribution in [0, 0.1) is 0 Å². The smallest absolute Gasteiger partial charge is 0.238 e. The molecule has 0 spiro atoms. The molecule has 3 aromatic rings.